The van der Waals surface area contributed by atoms with E-state index >= 15 is 0 Å². The predicted molar refractivity (Wildman–Crippen MR) is 199 cm³/mol. The minimum atomic E-state index is -2.00. The number of allylic oxidation sites excluding steroid dienone is 4. The van der Waals surface area contributed by atoms with Crippen LogP contribution in [0.4, 0.5) is 0 Å². The number of carbonyl (C=O) groups is 1. The van der Waals surface area contributed by atoms with Gasteiger partial charge in [-0.1, -0.05) is 96.6 Å². The van der Waals surface area contributed by atoms with Gasteiger partial charge in [0, 0.05) is 6.42 Å². The number of carbonyl (C=O) groups excluding carboxylic acids is 1. The minimum absolute atomic E-state index is 0.00253. The van der Waals surface area contributed by atoms with Gasteiger partial charge in [-0.05, 0) is 115 Å². The van der Waals surface area contributed by atoms with Crippen molar-refractivity contribution in [1.29, 1.82) is 0 Å². The summed E-state index contributed by atoms with van der Waals surface area (Å²) in [4.78, 5) is 11.9. The molecule has 4 atom stereocenters. The first-order valence-electron chi connectivity index (χ1n) is 17.5. The van der Waals surface area contributed by atoms with Crippen molar-refractivity contribution in [2.24, 2.45) is 11.3 Å². The SMILES string of the molecule is C=C1/C(=C\C=C2/CCC[C@]3(C)/C(=C\c4ccc(C(=O)OC)cc4)CC[C@@H]23)C[C@@H](O[Si](C)(C)C(C)(C)C)C[C@@H]1O[Si](C)(C)C(C)(C)C. The van der Waals surface area contributed by atoms with E-state index in [1.54, 1.807) is 5.57 Å². The molecule has 0 spiro atoms. The molecule has 3 aliphatic carbocycles. The molecule has 1 aromatic carbocycles. The van der Waals surface area contributed by atoms with Gasteiger partial charge >= 0.3 is 5.97 Å². The average Bonchev–Trinajstić information content (AvgIpc) is 3.28. The zero-order valence-electron chi connectivity index (χ0n) is 31.1. The number of hydrogen-bond acceptors (Lipinski definition) is 4. The van der Waals surface area contributed by atoms with Crippen molar-refractivity contribution in [1.82, 2.24) is 0 Å². The van der Waals surface area contributed by atoms with Crippen molar-refractivity contribution < 1.29 is 18.4 Å². The molecule has 3 saturated carbocycles. The standard InChI is InChI=1S/C40H62O4Si2/c1-28-32(26-34(43-45(10,11)38(2,3)4)27-36(28)44-46(12,13)39(5,6)7)21-20-30-15-14-24-40(8)33(22-23-35(30)40)25-29-16-18-31(19-17-29)37(41)42-9/h16-21,25,34-36H,1,14-15,22-24,26-27H2,2-13H3/b30-20+,32-21-,33-25-/t34-,35+,36+,40-/m1/s1. The molecule has 0 amide bonds. The molecule has 4 rings (SSSR count). The first-order valence-corrected chi connectivity index (χ1v) is 23.3. The number of ether oxygens (including phenoxy) is 1. The van der Waals surface area contributed by atoms with Crippen molar-refractivity contribution in [3.05, 3.63) is 76.4 Å². The van der Waals surface area contributed by atoms with Crippen LogP contribution in [0.5, 0.6) is 0 Å². The van der Waals surface area contributed by atoms with Gasteiger partial charge in [-0.15, -0.1) is 0 Å². The van der Waals surface area contributed by atoms with Crippen molar-refractivity contribution in [2.45, 2.75) is 142 Å². The predicted octanol–water partition coefficient (Wildman–Crippen LogP) is 11.4. The van der Waals surface area contributed by atoms with E-state index in [-0.39, 0.29) is 33.7 Å². The lowest BCUT2D eigenvalue weighted by molar-refractivity contribution is 0.0600. The van der Waals surface area contributed by atoms with E-state index in [1.165, 1.54) is 37.5 Å². The second kappa shape index (κ2) is 13.5. The van der Waals surface area contributed by atoms with E-state index < -0.39 is 16.6 Å². The molecule has 0 saturated heterocycles. The molecule has 0 N–H and O–H groups in total. The Balaban J connectivity index is 1.61. The Kier molecular flexibility index (Phi) is 10.8. The molecule has 254 valence electrons. The largest absolute Gasteiger partial charge is 0.465 e. The zero-order chi connectivity index (χ0) is 34.3. The smallest absolute Gasteiger partial charge is 0.337 e. The Bertz CT molecular complexity index is 1380. The van der Waals surface area contributed by atoms with Crippen LogP contribution in [0.1, 0.15) is 109 Å². The summed E-state index contributed by atoms with van der Waals surface area (Å²) >= 11 is 0. The number of fused-ring (bicyclic) bond motifs is 1. The fraction of sp³-hybridized carbons (Fsp3) is 0.625. The zero-order valence-corrected chi connectivity index (χ0v) is 33.1. The number of methoxy groups -OCH3 is 1. The number of benzene rings is 1. The summed E-state index contributed by atoms with van der Waals surface area (Å²) in [5.41, 5.74) is 7.48. The highest BCUT2D eigenvalue weighted by molar-refractivity contribution is 6.74. The normalized spacial score (nSPS) is 29.0. The Labute approximate surface area is 283 Å². The second-order valence-electron chi connectivity index (χ2n) is 17.4. The van der Waals surface area contributed by atoms with Crippen LogP contribution < -0.4 is 0 Å². The molecule has 0 heterocycles. The molecule has 6 heteroatoms. The lowest BCUT2D eigenvalue weighted by atomic mass is 9.65. The van der Waals surface area contributed by atoms with Gasteiger partial charge in [0.05, 0.1) is 24.9 Å². The topological polar surface area (TPSA) is 44.8 Å². The first kappa shape index (κ1) is 36.8. The summed E-state index contributed by atoms with van der Waals surface area (Å²) in [7, 11) is -2.52. The second-order valence-corrected chi connectivity index (χ2v) is 26.9. The summed E-state index contributed by atoms with van der Waals surface area (Å²) in [6, 6.07) is 7.82. The van der Waals surface area contributed by atoms with Crippen LogP contribution in [-0.2, 0) is 13.6 Å². The first-order chi connectivity index (χ1) is 21.2. The van der Waals surface area contributed by atoms with E-state index in [0.29, 0.717) is 11.5 Å². The molecule has 0 aliphatic heterocycles. The van der Waals surface area contributed by atoms with E-state index in [2.05, 4.69) is 99.5 Å². The fourth-order valence-corrected chi connectivity index (χ4v) is 9.80. The van der Waals surface area contributed by atoms with Crippen LogP contribution in [0.3, 0.4) is 0 Å². The maximum atomic E-state index is 11.9. The van der Waals surface area contributed by atoms with Crippen molar-refractivity contribution in [2.75, 3.05) is 7.11 Å². The number of rotatable bonds is 7. The quantitative estimate of drug-likeness (QED) is 0.215. The van der Waals surface area contributed by atoms with E-state index in [4.69, 9.17) is 13.6 Å². The third-order valence-corrected chi connectivity index (χ3v) is 21.2. The highest BCUT2D eigenvalue weighted by Gasteiger charge is 2.47. The maximum Gasteiger partial charge on any atom is 0.337 e. The molecule has 0 bridgehead atoms. The van der Waals surface area contributed by atoms with E-state index in [9.17, 15) is 4.79 Å². The highest BCUT2D eigenvalue weighted by atomic mass is 28.4. The Morgan fingerprint density at radius 1 is 0.935 bits per heavy atom. The van der Waals surface area contributed by atoms with Gasteiger partial charge in [-0.25, -0.2) is 4.79 Å². The molecule has 0 radical (unpaired) electrons. The minimum Gasteiger partial charge on any atom is -0.465 e. The van der Waals surface area contributed by atoms with Crippen LogP contribution in [-0.4, -0.2) is 41.9 Å². The molecule has 0 unspecified atom stereocenters. The van der Waals surface area contributed by atoms with Crippen LogP contribution in [0, 0.1) is 11.3 Å². The molecule has 4 nitrogen and oxygen atoms in total. The third-order valence-electron chi connectivity index (χ3n) is 12.2. The van der Waals surface area contributed by atoms with Gasteiger partial charge < -0.3 is 13.6 Å². The lowest BCUT2D eigenvalue weighted by Crippen LogP contribution is -2.49. The fourth-order valence-electron chi connectivity index (χ4n) is 7.13. The van der Waals surface area contributed by atoms with Crippen molar-refractivity contribution in [3.8, 4) is 0 Å². The summed E-state index contributed by atoms with van der Waals surface area (Å²) in [6.07, 6.45) is 15.0. The van der Waals surface area contributed by atoms with Gasteiger partial charge in [0.15, 0.2) is 16.6 Å². The lowest BCUT2D eigenvalue weighted by Gasteiger charge is -2.45. The van der Waals surface area contributed by atoms with Gasteiger partial charge in [0.25, 0.3) is 0 Å². The third kappa shape index (κ3) is 7.82. The number of hydrogen-bond donors (Lipinski definition) is 0. The maximum absolute atomic E-state index is 11.9. The van der Waals surface area contributed by atoms with Crippen molar-refractivity contribution in [3.63, 3.8) is 0 Å². The van der Waals surface area contributed by atoms with E-state index in [1.807, 2.05) is 24.3 Å². The molecule has 0 aromatic heterocycles. The van der Waals surface area contributed by atoms with Crippen LogP contribution in [0.25, 0.3) is 6.08 Å². The molecular weight excluding hydrogens is 601 g/mol. The van der Waals surface area contributed by atoms with Gasteiger partial charge in [-0.2, -0.15) is 0 Å². The molecule has 46 heavy (non-hydrogen) atoms. The summed E-state index contributed by atoms with van der Waals surface area (Å²) in [6.45, 7) is 30.5. The Morgan fingerprint density at radius 3 is 2.13 bits per heavy atom. The molecular formula is C40H62O4Si2. The molecule has 3 fully saturated rings. The van der Waals surface area contributed by atoms with Gasteiger partial charge in [0.2, 0.25) is 0 Å². The van der Waals surface area contributed by atoms with Crippen LogP contribution in [0.15, 0.2) is 65.3 Å². The summed E-state index contributed by atoms with van der Waals surface area (Å²) < 4.78 is 19.0. The summed E-state index contributed by atoms with van der Waals surface area (Å²) in [5, 5.41) is 0.294. The highest BCUT2D eigenvalue weighted by Crippen LogP contribution is 2.57. The van der Waals surface area contributed by atoms with Crippen LogP contribution >= 0.6 is 0 Å². The van der Waals surface area contributed by atoms with Crippen LogP contribution in [0.2, 0.25) is 36.3 Å². The number of esters is 1. The monoisotopic (exact) mass is 662 g/mol. The Hall–Kier alpha value is -2.00. The van der Waals surface area contributed by atoms with E-state index in [0.717, 1.165) is 36.8 Å². The van der Waals surface area contributed by atoms with Gasteiger partial charge in [0.1, 0.15) is 0 Å². The summed E-state index contributed by atoms with van der Waals surface area (Å²) in [5.74, 6) is 0.258. The molecule has 1 aromatic rings. The molecule has 3 aliphatic rings. The van der Waals surface area contributed by atoms with Gasteiger partial charge in [-0.3, -0.25) is 0 Å². The Morgan fingerprint density at radius 2 is 1.54 bits per heavy atom. The van der Waals surface area contributed by atoms with Crippen molar-refractivity contribution >= 4 is 28.7 Å². The average molecular weight is 663 g/mol.